The molecule has 0 spiro atoms. The second-order valence-corrected chi connectivity index (χ2v) is 6.80. The van der Waals surface area contributed by atoms with Gasteiger partial charge in [-0.25, -0.2) is 4.98 Å². The lowest BCUT2D eigenvalue weighted by molar-refractivity contribution is 0.0691. The Kier molecular flexibility index (Phi) is 4.84. The zero-order valence-corrected chi connectivity index (χ0v) is 14.7. The number of hydrogen-bond donors (Lipinski definition) is 1. The average Bonchev–Trinajstić information content (AvgIpc) is 2.59. The van der Waals surface area contributed by atoms with Gasteiger partial charge in [0.05, 0.1) is 11.9 Å². The van der Waals surface area contributed by atoms with Crippen LogP contribution in [0.5, 0.6) is 0 Å². The van der Waals surface area contributed by atoms with Crippen molar-refractivity contribution in [2.24, 2.45) is 5.92 Å². The molecule has 1 N–H and O–H groups in total. The number of pyridine rings is 1. The molecule has 0 unspecified atom stereocenters. The summed E-state index contributed by atoms with van der Waals surface area (Å²) in [6.07, 6.45) is 3.90. The molecule has 0 radical (unpaired) electrons. The van der Waals surface area contributed by atoms with E-state index in [2.05, 4.69) is 49.3 Å². The molecule has 1 saturated heterocycles. The number of piperidine rings is 1. The van der Waals surface area contributed by atoms with Crippen molar-refractivity contribution in [1.82, 2.24) is 9.88 Å². The third kappa shape index (κ3) is 3.58. The van der Waals surface area contributed by atoms with Crippen LogP contribution in [0.2, 0.25) is 0 Å². The number of rotatable bonds is 3. The summed E-state index contributed by atoms with van der Waals surface area (Å²) in [6, 6.07) is 9.96. The number of carbonyl (C=O) groups is 1. The summed E-state index contributed by atoms with van der Waals surface area (Å²) in [5, 5.41) is 3.40. The second-order valence-electron chi connectivity index (χ2n) is 6.80. The normalized spacial score (nSPS) is 15.4. The molecule has 0 bridgehead atoms. The molecule has 0 atom stereocenters. The van der Waals surface area contributed by atoms with Gasteiger partial charge in [-0.15, -0.1) is 0 Å². The van der Waals surface area contributed by atoms with Crippen LogP contribution in [-0.2, 0) is 0 Å². The van der Waals surface area contributed by atoms with Gasteiger partial charge in [-0.1, -0.05) is 25.1 Å². The van der Waals surface area contributed by atoms with Crippen LogP contribution in [0.1, 0.15) is 41.4 Å². The molecule has 126 valence electrons. The maximum Gasteiger partial charge on any atom is 0.272 e. The summed E-state index contributed by atoms with van der Waals surface area (Å²) < 4.78 is 0. The van der Waals surface area contributed by atoms with Gasteiger partial charge in [0.25, 0.3) is 5.91 Å². The first-order chi connectivity index (χ1) is 11.5. The number of anilines is 2. The van der Waals surface area contributed by atoms with Crippen molar-refractivity contribution in [3.63, 3.8) is 0 Å². The van der Waals surface area contributed by atoms with Crippen molar-refractivity contribution in [3.05, 3.63) is 53.3 Å². The molecule has 1 amide bonds. The lowest BCUT2D eigenvalue weighted by Crippen LogP contribution is -2.38. The summed E-state index contributed by atoms with van der Waals surface area (Å²) in [5.41, 5.74) is 4.91. The monoisotopic (exact) mass is 323 g/mol. The Balaban J connectivity index is 1.70. The van der Waals surface area contributed by atoms with Gasteiger partial charge in [0.1, 0.15) is 5.69 Å². The Morgan fingerprint density at radius 2 is 1.79 bits per heavy atom. The molecule has 1 aromatic carbocycles. The van der Waals surface area contributed by atoms with Gasteiger partial charge in [0, 0.05) is 18.8 Å². The minimum absolute atomic E-state index is 0.0422. The number of carbonyl (C=O) groups excluding carboxylic acids is 1. The Morgan fingerprint density at radius 1 is 1.12 bits per heavy atom. The molecular formula is C20H25N3O. The average molecular weight is 323 g/mol. The van der Waals surface area contributed by atoms with E-state index in [9.17, 15) is 4.79 Å². The molecule has 1 fully saturated rings. The topological polar surface area (TPSA) is 45.2 Å². The fraction of sp³-hybridized carbons (Fsp3) is 0.400. The van der Waals surface area contributed by atoms with Crippen LogP contribution in [0.25, 0.3) is 0 Å². The fourth-order valence-electron chi connectivity index (χ4n) is 3.12. The van der Waals surface area contributed by atoms with Crippen LogP contribution in [0.4, 0.5) is 11.4 Å². The van der Waals surface area contributed by atoms with Crippen molar-refractivity contribution in [3.8, 4) is 0 Å². The Bertz CT molecular complexity index is 696. The van der Waals surface area contributed by atoms with E-state index in [0.29, 0.717) is 11.6 Å². The standard InChI is InChI=1S/C20H25N3O/c1-14-9-11-23(12-10-14)20(24)18-8-7-17(13-21-18)22-19-15(2)5-4-6-16(19)3/h4-8,13-14,22H,9-12H2,1-3H3. The maximum absolute atomic E-state index is 12.5. The van der Waals surface area contributed by atoms with Gasteiger partial charge in [-0.05, 0) is 55.9 Å². The van der Waals surface area contributed by atoms with Crippen LogP contribution >= 0.6 is 0 Å². The molecule has 1 aliphatic heterocycles. The predicted octanol–water partition coefficient (Wildman–Crippen LogP) is 4.31. The number of nitrogens with zero attached hydrogens (tertiary/aromatic N) is 2. The highest BCUT2D eigenvalue weighted by Crippen LogP contribution is 2.24. The molecule has 4 heteroatoms. The van der Waals surface area contributed by atoms with Gasteiger partial charge in [-0.3, -0.25) is 4.79 Å². The number of benzene rings is 1. The Morgan fingerprint density at radius 3 is 2.38 bits per heavy atom. The highest BCUT2D eigenvalue weighted by molar-refractivity contribution is 5.92. The van der Waals surface area contributed by atoms with E-state index in [1.165, 1.54) is 11.1 Å². The summed E-state index contributed by atoms with van der Waals surface area (Å²) in [6.45, 7) is 8.08. The summed E-state index contributed by atoms with van der Waals surface area (Å²) >= 11 is 0. The number of aromatic nitrogens is 1. The maximum atomic E-state index is 12.5. The summed E-state index contributed by atoms with van der Waals surface area (Å²) in [5.74, 6) is 0.756. The van der Waals surface area contributed by atoms with Crippen molar-refractivity contribution in [2.45, 2.75) is 33.6 Å². The van der Waals surface area contributed by atoms with Crippen molar-refractivity contribution in [2.75, 3.05) is 18.4 Å². The van der Waals surface area contributed by atoms with E-state index in [-0.39, 0.29) is 5.91 Å². The molecule has 1 aliphatic rings. The van der Waals surface area contributed by atoms with Gasteiger partial charge < -0.3 is 10.2 Å². The Hall–Kier alpha value is -2.36. The van der Waals surface area contributed by atoms with Crippen molar-refractivity contribution < 1.29 is 4.79 Å². The van der Waals surface area contributed by atoms with Crippen LogP contribution in [0, 0.1) is 19.8 Å². The van der Waals surface area contributed by atoms with Crippen LogP contribution in [-0.4, -0.2) is 28.9 Å². The largest absolute Gasteiger partial charge is 0.354 e. The first kappa shape index (κ1) is 16.5. The smallest absolute Gasteiger partial charge is 0.272 e. The number of amides is 1. The zero-order chi connectivity index (χ0) is 17.1. The van der Waals surface area contributed by atoms with Crippen LogP contribution in [0.15, 0.2) is 36.5 Å². The molecule has 2 aromatic rings. The molecule has 2 heterocycles. The van der Waals surface area contributed by atoms with E-state index < -0.39 is 0 Å². The first-order valence-electron chi connectivity index (χ1n) is 8.63. The van der Waals surface area contributed by atoms with Gasteiger partial charge in [0.15, 0.2) is 0 Å². The van der Waals surface area contributed by atoms with E-state index in [1.807, 2.05) is 17.0 Å². The minimum atomic E-state index is 0.0422. The molecule has 3 rings (SSSR count). The molecule has 24 heavy (non-hydrogen) atoms. The third-order valence-corrected chi connectivity index (χ3v) is 4.80. The first-order valence-corrected chi connectivity index (χ1v) is 8.63. The van der Waals surface area contributed by atoms with Crippen molar-refractivity contribution in [1.29, 1.82) is 0 Å². The second kappa shape index (κ2) is 7.04. The zero-order valence-electron chi connectivity index (χ0n) is 14.7. The SMILES string of the molecule is Cc1cccc(C)c1Nc1ccc(C(=O)N2CCC(C)CC2)nc1. The molecule has 0 saturated carbocycles. The number of para-hydroxylation sites is 1. The quantitative estimate of drug-likeness (QED) is 0.915. The molecule has 4 nitrogen and oxygen atoms in total. The van der Waals surface area contributed by atoms with Gasteiger partial charge in [-0.2, -0.15) is 0 Å². The van der Waals surface area contributed by atoms with Crippen molar-refractivity contribution >= 4 is 17.3 Å². The molecule has 1 aromatic heterocycles. The summed E-state index contributed by atoms with van der Waals surface area (Å²) in [4.78, 5) is 18.8. The fourth-order valence-corrected chi connectivity index (χ4v) is 3.12. The number of hydrogen-bond acceptors (Lipinski definition) is 3. The highest BCUT2D eigenvalue weighted by atomic mass is 16.2. The van der Waals surface area contributed by atoms with E-state index >= 15 is 0 Å². The lowest BCUT2D eigenvalue weighted by atomic mass is 9.99. The van der Waals surface area contributed by atoms with Gasteiger partial charge >= 0.3 is 0 Å². The third-order valence-electron chi connectivity index (χ3n) is 4.80. The number of nitrogens with one attached hydrogen (secondary N) is 1. The highest BCUT2D eigenvalue weighted by Gasteiger charge is 2.22. The summed E-state index contributed by atoms with van der Waals surface area (Å²) in [7, 11) is 0. The van der Waals surface area contributed by atoms with Crippen LogP contribution in [0.3, 0.4) is 0 Å². The molecular weight excluding hydrogens is 298 g/mol. The van der Waals surface area contributed by atoms with E-state index in [0.717, 1.165) is 37.3 Å². The van der Waals surface area contributed by atoms with E-state index in [1.54, 1.807) is 6.20 Å². The van der Waals surface area contributed by atoms with Gasteiger partial charge in [0.2, 0.25) is 0 Å². The Labute approximate surface area is 143 Å². The lowest BCUT2D eigenvalue weighted by Gasteiger charge is -2.30. The van der Waals surface area contributed by atoms with E-state index in [4.69, 9.17) is 0 Å². The number of aryl methyl sites for hydroxylation is 2. The molecule has 0 aliphatic carbocycles. The predicted molar refractivity (Wildman–Crippen MR) is 97.7 cm³/mol. The van der Waals surface area contributed by atoms with Crippen LogP contribution < -0.4 is 5.32 Å². The number of likely N-dealkylation sites (tertiary alicyclic amines) is 1. The minimum Gasteiger partial charge on any atom is -0.354 e.